The highest BCUT2D eigenvalue weighted by molar-refractivity contribution is 5.47. The first-order valence-corrected chi connectivity index (χ1v) is 5.84. The maximum absolute atomic E-state index is 10.0. The molecule has 4 heteroatoms. The summed E-state index contributed by atoms with van der Waals surface area (Å²) in [5, 5.41) is 22.8. The fraction of sp³-hybridized carbons (Fsp3) is 0.538. The van der Waals surface area contributed by atoms with Gasteiger partial charge in [-0.1, -0.05) is 12.1 Å². The molecule has 4 nitrogen and oxygen atoms in total. The second kappa shape index (κ2) is 6.59. The topological polar surface area (TPSA) is 55.7 Å². The molecule has 1 aromatic rings. The molecule has 0 aliphatic carbocycles. The Kier molecular flexibility index (Phi) is 5.41. The van der Waals surface area contributed by atoms with Gasteiger partial charge in [-0.25, -0.2) is 0 Å². The molecule has 17 heavy (non-hydrogen) atoms. The summed E-state index contributed by atoms with van der Waals surface area (Å²) in [5.74, 6) is 0. The second-order valence-electron chi connectivity index (χ2n) is 4.39. The van der Waals surface area contributed by atoms with Gasteiger partial charge in [-0.05, 0) is 37.7 Å². The zero-order chi connectivity index (χ0) is 12.8. The molecule has 0 aliphatic heterocycles. The van der Waals surface area contributed by atoms with Crippen molar-refractivity contribution in [3.63, 3.8) is 0 Å². The lowest BCUT2D eigenvalue weighted by atomic mass is 10.0. The van der Waals surface area contributed by atoms with Crippen LogP contribution in [0.25, 0.3) is 0 Å². The van der Waals surface area contributed by atoms with Crippen LogP contribution in [0.2, 0.25) is 0 Å². The summed E-state index contributed by atoms with van der Waals surface area (Å²) in [4.78, 5) is 1.97. The number of nitrogens with zero attached hydrogens (tertiary/aromatic N) is 1. The van der Waals surface area contributed by atoms with E-state index in [0.717, 1.165) is 11.3 Å². The van der Waals surface area contributed by atoms with Gasteiger partial charge in [-0.3, -0.25) is 0 Å². The Bertz CT molecular complexity index is 342. The van der Waals surface area contributed by atoms with E-state index >= 15 is 0 Å². The summed E-state index contributed by atoms with van der Waals surface area (Å²) in [6, 6.07) is 7.59. The standard InChI is InChI=1S/C13H22N2O2/c1-14-8-7-12(16)13(17)10-5-4-6-11(9-10)15(2)3/h4-6,9,12-14,16-17H,7-8H2,1-3H3. The Morgan fingerprint density at radius 2 is 2.00 bits per heavy atom. The summed E-state index contributed by atoms with van der Waals surface area (Å²) >= 11 is 0. The molecule has 0 aliphatic rings. The van der Waals surface area contributed by atoms with E-state index in [-0.39, 0.29) is 0 Å². The summed E-state index contributed by atoms with van der Waals surface area (Å²) in [5.41, 5.74) is 1.77. The smallest absolute Gasteiger partial charge is 0.105 e. The van der Waals surface area contributed by atoms with Crippen molar-refractivity contribution in [3.8, 4) is 0 Å². The van der Waals surface area contributed by atoms with Gasteiger partial charge in [0, 0.05) is 19.8 Å². The van der Waals surface area contributed by atoms with Crippen molar-refractivity contribution in [2.24, 2.45) is 0 Å². The van der Waals surface area contributed by atoms with Crippen molar-refractivity contribution >= 4 is 5.69 Å². The fourth-order valence-electron chi connectivity index (χ4n) is 1.66. The average Bonchev–Trinajstić information content (AvgIpc) is 2.35. The van der Waals surface area contributed by atoms with Crippen LogP contribution >= 0.6 is 0 Å². The van der Waals surface area contributed by atoms with Crippen LogP contribution in [-0.4, -0.2) is 44.0 Å². The normalized spacial score (nSPS) is 14.4. The third kappa shape index (κ3) is 4.00. The SMILES string of the molecule is CNCCC(O)C(O)c1cccc(N(C)C)c1. The van der Waals surface area contributed by atoms with Crippen LogP contribution in [0.1, 0.15) is 18.1 Å². The van der Waals surface area contributed by atoms with E-state index in [1.54, 1.807) is 0 Å². The highest BCUT2D eigenvalue weighted by Gasteiger charge is 2.18. The van der Waals surface area contributed by atoms with Crippen LogP contribution < -0.4 is 10.2 Å². The van der Waals surface area contributed by atoms with Crippen LogP contribution in [0, 0.1) is 0 Å². The Labute approximate surface area is 103 Å². The van der Waals surface area contributed by atoms with Gasteiger partial charge in [0.15, 0.2) is 0 Å². The summed E-state index contributed by atoms with van der Waals surface area (Å²) in [6.45, 7) is 0.686. The fourth-order valence-corrected chi connectivity index (χ4v) is 1.66. The minimum atomic E-state index is -0.830. The number of rotatable bonds is 6. The first kappa shape index (κ1) is 14.0. The molecule has 0 saturated heterocycles. The Morgan fingerprint density at radius 1 is 1.29 bits per heavy atom. The largest absolute Gasteiger partial charge is 0.390 e. The van der Waals surface area contributed by atoms with Gasteiger partial charge in [0.1, 0.15) is 6.10 Å². The monoisotopic (exact) mass is 238 g/mol. The van der Waals surface area contributed by atoms with Gasteiger partial charge in [0.2, 0.25) is 0 Å². The predicted molar refractivity (Wildman–Crippen MR) is 70.3 cm³/mol. The lowest BCUT2D eigenvalue weighted by Gasteiger charge is -2.20. The van der Waals surface area contributed by atoms with E-state index in [1.165, 1.54) is 0 Å². The molecular weight excluding hydrogens is 216 g/mol. The Morgan fingerprint density at radius 3 is 2.59 bits per heavy atom. The molecular formula is C13H22N2O2. The van der Waals surface area contributed by atoms with E-state index in [0.29, 0.717) is 13.0 Å². The molecule has 0 saturated carbocycles. The average molecular weight is 238 g/mol. The number of hydrogen-bond acceptors (Lipinski definition) is 4. The highest BCUT2D eigenvalue weighted by Crippen LogP contribution is 2.22. The molecule has 3 N–H and O–H groups in total. The number of aliphatic hydroxyl groups excluding tert-OH is 2. The summed E-state index contributed by atoms with van der Waals surface area (Å²) < 4.78 is 0. The lowest BCUT2D eigenvalue weighted by Crippen LogP contribution is -2.23. The zero-order valence-electron chi connectivity index (χ0n) is 10.7. The zero-order valence-corrected chi connectivity index (χ0v) is 10.7. The van der Waals surface area contributed by atoms with Gasteiger partial charge >= 0.3 is 0 Å². The molecule has 0 bridgehead atoms. The summed E-state index contributed by atoms with van der Waals surface area (Å²) in [6.07, 6.45) is -1.03. The molecule has 1 aromatic carbocycles. The molecule has 2 unspecified atom stereocenters. The maximum atomic E-state index is 10.0. The molecule has 0 amide bonds. The predicted octanol–water partition coefficient (Wildman–Crippen LogP) is 0.756. The van der Waals surface area contributed by atoms with Gasteiger partial charge in [-0.2, -0.15) is 0 Å². The van der Waals surface area contributed by atoms with E-state index in [2.05, 4.69) is 5.32 Å². The van der Waals surface area contributed by atoms with Crippen molar-refractivity contribution in [2.75, 3.05) is 32.6 Å². The van der Waals surface area contributed by atoms with Crippen molar-refractivity contribution in [2.45, 2.75) is 18.6 Å². The molecule has 1 rings (SSSR count). The Hall–Kier alpha value is -1.10. The van der Waals surface area contributed by atoms with Gasteiger partial charge in [-0.15, -0.1) is 0 Å². The maximum Gasteiger partial charge on any atom is 0.105 e. The number of nitrogens with one attached hydrogen (secondary N) is 1. The molecule has 0 fully saturated rings. The first-order chi connectivity index (χ1) is 8.06. The Balaban J connectivity index is 2.74. The van der Waals surface area contributed by atoms with Crippen LogP contribution in [0.15, 0.2) is 24.3 Å². The minimum Gasteiger partial charge on any atom is -0.390 e. The molecule has 0 spiro atoms. The van der Waals surface area contributed by atoms with E-state index in [1.807, 2.05) is 50.3 Å². The molecule has 2 atom stereocenters. The minimum absolute atomic E-state index is 0.532. The number of anilines is 1. The number of hydrogen-bond donors (Lipinski definition) is 3. The van der Waals surface area contributed by atoms with Crippen molar-refractivity contribution in [3.05, 3.63) is 29.8 Å². The number of aliphatic hydroxyl groups is 2. The van der Waals surface area contributed by atoms with Crippen molar-refractivity contribution < 1.29 is 10.2 Å². The molecule has 0 radical (unpaired) electrons. The van der Waals surface area contributed by atoms with Gasteiger partial charge in [0.05, 0.1) is 6.10 Å². The summed E-state index contributed by atoms with van der Waals surface area (Å²) in [7, 11) is 5.72. The molecule has 0 heterocycles. The third-order valence-electron chi connectivity index (χ3n) is 2.78. The lowest BCUT2D eigenvalue weighted by molar-refractivity contribution is 0.0140. The number of benzene rings is 1. The van der Waals surface area contributed by atoms with Crippen molar-refractivity contribution in [1.29, 1.82) is 0 Å². The molecule has 0 aromatic heterocycles. The van der Waals surface area contributed by atoms with Crippen molar-refractivity contribution in [1.82, 2.24) is 5.32 Å². The van der Waals surface area contributed by atoms with E-state index in [4.69, 9.17) is 0 Å². The highest BCUT2D eigenvalue weighted by atomic mass is 16.3. The van der Waals surface area contributed by atoms with E-state index in [9.17, 15) is 10.2 Å². The van der Waals surface area contributed by atoms with Crippen LogP contribution in [-0.2, 0) is 0 Å². The quantitative estimate of drug-likeness (QED) is 0.685. The molecule has 96 valence electrons. The van der Waals surface area contributed by atoms with Gasteiger partial charge < -0.3 is 20.4 Å². The van der Waals surface area contributed by atoms with Crippen LogP contribution in [0.4, 0.5) is 5.69 Å². The van der Waals surface area contributed by atoms with Gasteiger partial charge in [0.25, 0.3) is 0 Å². The first-order valence-electron chi connectivity index (χ1n) is 5.84. The van der Waals surface area contributed by atoms with E-state index < -0.39 is 12.2 Å². The van der Waals surface area contributed by atoms with Crippen LogP contribution in [0.3, 0.4) is 0 Å². The third-order valence-corrected chi connectivity index (χ3v) is 2.78. The van der Waals surface area contributed by atoms with Crippen LogP contribution in [0.5, 0.6) is 0 Å². The second-order valence-corrected chi connectivity index (χ2v) is 4.39.